The smallest absolute Gasteiger partial charge is 0.252 e. The van der Waals surface area contributed by atoms with E-state index in [0.717, 1.165) is 11.1 Å². The number of primary amides is 1. The van der Waals surface area contributed by atoms with Crippen LogP contribution in [0.5, 0.6) is 0 Å². The summed E-state index contributed by atoms with van der Waals surface area (Å²) in [6, 6.07) is 8.93. The maximum absolute atomic E-state index is 11.3. The summed E-state index contributed by atoms with van der Waals surface area (Å²) in [6.07, 6.45) is 1.54. The Balaban J connectivity index is 2.55. The molecule has 0 aliphatic carbocycles. The molecule has 106 valence electrons. The highest BCUT2D eigenvalue weighted by atomic mass is 35.5. The number of hydrogen-bond donors (Lipinski definition) is 2. The lowest BCUT2D eigenvalue weighted by molar-refractivity contribution is 0.0998. The molecule has 0 bridgehead atoms. The molecule has 0 radical (unpaired) electrons. The van der Waals surface area contributed by atoms with Crippen molar-refractivity contribution >= 4 is 17.5 Å². The molecule has 6 heteroatoms. The number of nitrogens with one attached hydrogen (secondary N) is 1. The number of nitrogens with zero attached hydrogens (tertiary/aromatic N) is 2. The van der Waals surface area contributed by atoms with Crippen LogP contribution in [0.2, 0.25) is 5.02 Å². The van der Waals surface area contributed by atoms with Gasteiger partial charge >= 0.3 is 0 Å². The van der Waals surface area contributed by atoms with E-state index in [1.165, 1.54) is 10.6 Å². The molecule has 0 aliphatic heterocycles. The number of hydrogen-bond acceptors (Lipinski definition) is 3. The molecule has 5 nitrogen and oxygen atoms in total. The quantitative estimate of drug-likeness (QED) is 0.906. The van der Waals surface area contributed by atoms with Gasteiger partial charge in [-0.3, -0.25) is 10.2 Å². The number of nitriles is 1. The molecule has 0 saturated carbocycles. The van der Waals surface area contributed by atoms with Gasteiger partial charge in [0.1, 0.15) is 5.49 Å². The van der Waals surface area contributed by atoms with E-state index in [1.807, 2.05) is 19.1 Å². The molecule has 1 aromatic heterocycles. The van der Waals surface area contributed by atoms with Crippen LogP contribution in [-0.4, -0.2) is 10.5 Å². The zero-order valence-electron chi connectivity index (χ0n) is 11.4. The third kappa shape index (κ3) is 3.12. The van der Waals surface area contributed by atoms with Crippen molar-refractivity contribution in [2.24, 2.45) is 5.73 Å². The second-order valence-electron chi connectivity index (χ2n) is 4.69. The zero-order valence-corrected chi connectivity index (χ0v) is 12.1. The zero-order chi connectivity index (χ0) is 15.6. The highest BCUT2D eigenvalue weighted by Crippen LogP contribution is 2.14. The molecule has 0 saturated heterocycles. The number of benzene rings is 1. The van der Waals surface area contributed by atoms with Crippen LogP contribution in [-0.2, 0) is 6.54 Å². The average molecular weight is 301 g/mol. The van der Waals surface area contributed by atoms with Gasteiger partial charge in [0.05, 0.1) is 28.8 Å². The lowest BCUT2D eigenvalue weighted by Crippen LogP contribution is -2.30. The van der Waals surface area contributed by atoms with E-state index < -0.39 is 5.91 Å². The molecule has 0 spiro atoms. The first kappa shape index (κ1) is 14.8. The summed E-state index contributed by atoms with van der Waals surface area (Å²) < 4.78 is 1.50. The van der Waals surface area contributed by atoms with Gasteiger partial charge in [0, 0.05) is 6.20 Å². The highest BCUT2D eigenvalue weighted by Gasteiger charge is 2.10. The van der Waals surface area contributed by atoms with Crippen LogP contribution in [0.4, 0.5) is 0 Å². The number of aromatic nitrogens is 1. The molecule has 21 heavy (non-hydrogen) atoms. The summed E-state index contributed by atoms with van der Waals surface area (Å²) in [5.74, 6) is -0.707. The molecule has 1 aromatic carbocycles. The highest BCUT2D eigenvalue weighted by molar-refractivity contribution is 6.30. The predicted molar refractivity (Wildman–Crippen MR) is 78.8 cm³/mol. The van der Waals surface area contributed by atoms with Crippen molar-refractivity contribution in [3.8, 4) is 6.07 Å². The van der Waals surface area contributed by atoms with Gasteiger partial charge in [0.2, 0.25) is 0 Å². The average Bonchev–Trinajstić information content (AvgIpc) is 2.42. The number of carbonyl (C=O) groups excluding carboxylic acids is 1. The Hall–Kier alpha value is -2.58. The number of rotatable bonds is 3. The Morgan fingerprint density at radius 1 is 1.48 bits per heavy atom. The Bertz CT molecular complexity index is 817. The second kappa shape index (κ2) is 5.81. The Morgan fingerprint density at radius 3 is 2.81 bits per heavy atom. The maximum Gasteiger partial charge on any atom is 0.252 e. The molecule has 0 fully saturated rings. The summed E-state index contributed by atoms with van der Waals surface area (Å²) >= 11 is 5.96. The molecule has 1 amide bonds. The van der Waals surface area contributed by atoms with Crippen molar-refractivity contribution in [2.75, 3.05) is 0 Å². The van der Waals surface area contributed by atoms with E-state index in [9.17, 15) is 4.79 Å². The fourth-order valence-corrected chi connectivity index (χ4v) is 2.30. The van der Waals surface area contributed by atoms with Gasteiger partial charge in [-0.05, 0) is 24.6 Å². The van der Waals surface area contributed by atoms with Crippen molar-refractivity contribution in [1.82, 2.24) is 4.57 Å². The van der Waals surface area contributed by atoms with Crippen molar-refractivity contribution in [3.05, 3.63) is 63.2 Å². The van der Waals surface area contributed by atoms with Gasteiger partial charge < -0.3 is 10.3 Å². The standard InChI is InChI=1S/C15H13ClN4O/c1-9-2-3-10(6-17)11(4-9)7-20-8-12(16)5-13(14(20)18)15(19)21/h2-5,8,18H,7H2,1H3,(H2,19,21). The van der Waals surface area contributed by atoms with Gasteiger partial charge in [0.25, 0.3) is 5.91 Å². The summed E-state index contributed by atoms with van der Waals surface area (Å²) in [5, 5.41) is 17.5. The summed E-state index contributed by atoms with van der Waals surface area (Å²) in [5.41, 5.74) is 7.55. The molecule has 0 unspecified atom stereocenters. The Labute approximate surface area is 126 Å². The summed E-state index contributed by atoms with van der Waals surface area (Å²) in [7, 11) is 0. The van der Waals surface area contributed by atoms with Crippen LogP contribution >= 0.6 is 11.6 Å². The maximum atomic E-state index is 11.3. The molecule has 3 N–H and O–H groups in total. The second-order valence-corrected chi connectivity index (χ2v) is 5.12. The number of pyridine rings is 1. The van der Waals surface area contributed by atoms with Crippen LogP contribution < -0.4 is 11.2 Å². The first-order valence-corrected chi connectivity index (χ1v) is 6.54. The number of nitrogens with two attached hydrogens (primary N) is 1. The molecular formula is C15H13ClN4O. The van der Waals surface area contributed by atoms with E-state index in [1.54, 1.807) is 12.3 Å². The van der Waals surface area contributed by atoms with Gasteiger partial charge in [-0.15, -0.1) is 0 Å². The molecule has 2 aromatic rings. The van der Waals surface area contributed by atoms with E-state index in [-0.39, 0.29) is 17.6 Å². The lowest BCUT2D eigenvalue weighted by Gasteiger charge is -2.11. The largest absolute Gasteiger partial charge is 0.365 e. The van der Waals surface area contributed by atoms with Gasteiger partial charge in [-0.1, -0.05) is 29.3 Å². The fraction of sp³-hybridized carbons (Fsp3) is 0.133. The van der Waals surface area contributed by atoms with E-state index in [2.05, 4.69) is 6.07 Å². The van der Waals surface area contributed by atoms with Crippen LogP contribution in [0.3, 0.4) is 0 Å². The van der Waals surface area contributed by atoms with Crippen LogP contribution in [0, 0.1) is 23.7 Å². The Kier molecular flexibility index (Phi) is 4.10. The number of halogens is 1. The molecule has 0 aliphatic rings. The first-order chi connectivity index (χ1) is 9.92. The normalized spacial score (nSPS) is 10.1. The van der Waals surface area contributed by atoms with Crippen molar-refractivity contribution in [2.45, 2.75) is 13.5 Å². The Morgan fingerprint density at radius 2 is 2.19 bits per heavy atom. The monoisotopic (exact) mass is 300 g/mol. The first-order valence-electron chi connectivity index (χ1n) is 6.16. The van der Waals surface area contributed by atoms with E-state index in [0.29, 0.717) is 10.6 Å². The minimum absolute atomic E-state index is 0.0303. The van der Waals surface area contributed by atoms with Crippen LogP contribution in [0.1, 0.15) is 27.0 Å². The third-order valence-electron chi connectivity index (χ3n) is 3.09. The summed E-state index contributed by atoms with van der Waals surface area (Å²) in [6.45, 7) is 2.19. The van der Waals surface area contributed by atoms with Crippen molar-refractivity contribution < 1.29 is 4.79 Å². The topological polar surface area (TPSA) is 95.7 Å². The minimum Gasteiger partial charge on any atom is -0.365 e. The minimum atomic E-state index is -0.707. The molecular weight excluding hydrogens is 288 g/mol. The molecule has 2 rings (SSSR count). The van der Waals surface area contributed by atoms with Crippen LogP contribution in [0.15, 0.2) is 30.5 Å². The van der Waals surface area contributed by atoms with Gasteiger partial charge in [-0.2, -0.15) is 5.26 Å². The SMILES string of the molecule is Cc1ccc(C#N)c(Cn2cc(Cl)cc(C(N)=O)c2=N)c1. The summed E-state index contributed by atoms with van der Waals surface area (Å²) in [4.78, 5) is 11.3. The number of amides is 1. The number of aryl methyl sites for hydroxylation is 1. The molecule has 0 atom stereocenters. The van der Waals surface area contributed by atoms with E-state index in [4.69, 9.17) is 28.0 Å². The number of carbonyl (C=O) groups is 1. The van der Waals surface area contributed by atoms with E-state index >= 15 is 0 Å². The molecule has 1 heterocycles. The van der Waals surface area contributed by atoms with Crippen molar-refractivity contribution in [1.29, 1.82) is 10.7 Å². The van der Waals surface area contributed by atoms with Gasteiger partial charge in [-0.25, -0.2) is 0 Å². The van der Waals surface area contributed by atoms with Crippen LogP contribution in [0.25, 0.3) is 0 Å². The van der Waals surface area contributed by atoms with Gasteiger partial charge in [0.15, 0.2) is 0 Å². The predicted octanol–water partition coefficient (Wildman–Crippen LogP) is 1.95. The lowest BCUT2D eigenvalue weighted by atomic mass is 10.1. The fourth-order valence-electron chi connectivity index (χ4n) is 2.07. The van der Waals surface area contributed by atoms with Crippen molar-refractivity contribution in [3.63, 3.8) is 0 Å². The third-order valence-corrected chi connectivity index (χ3v) is 3.30.